The Kier molecular flexibility index (Phi) is 9.81. The lowest BCUT2D eigenvalue weighted by molar-refractivity contribution is 0.0195. The Morgan fingerprint density at radius 1 is 1.25 bits per heavy atom. The highest BCUT2D eigenvalue weighted by molar-refractivity contribution is 14.0. The molecule has 1 aromatic rings. The summed E-state index contributed by atoms with van der Waals surface area (Å²) in [6.45, 7) is 11.7. The van der Waals surface area contributed by atoms with Gasteiger partial charge >= 0.3 is 0 Å². The van der Waals surface area contributed by atoms with Crippen LogP contribution in [-0.4, -0.2) is 74.8 Å². The highest BCUT2D eigenvalue weighted by atomic mass is 127. The van der Waals surface area contributed by atoms with Crippen molar-refractivity contribution in [3.63, 3.8) is 0 Å². The van der Waals surface area contributed by atoms with Crippen molar-refractivity contribution in [3.05, 3.63) is 29.8 Å². The Morgan fingerprint density at radius 3 is 2.71 bits per heavy atom. The fraction of sp³-hybridized carbons (Fsp3) is 0.667. The maximum atomic E-state index is 5.97. The number of likely N-dealkylation sites (tertiary alicyclic amines) is 1. The standard InChI is InChI=1S/C21H34N4O2.HI/c1-17(2)16-27-20-7-5-4-6-18(20)14-23-21(22-3)25-9-8-19(15-25)24-10-12-26-13-11-24;/h4-7,17,19H,8-16H2,1-3H3,(H,22,23);1H. The molecule has 0 bridgehead atoms. The van der Waals surface area contributed by atoms with Crippen molar-refractivity contribution < 1.29 is 9.47 Å². The van der Waals surface area contributed by atoms with Crippen LogP contribution in [0.4, 0.5) is 0 Å². The minimum Gasteiger partial charge on any atom is -0.493 e. The van der Waals surface area contributed by atoms with Crippen LogP contribution in [0.25, 0.3) is 0 Å². The van der Waals surface area contributed by atoms with Gasteiger partial charge in [-0.15, -0.1) is 24.0 Å². The van der Waals surface area contributed by atoms with Gasteiger partial charge in [0.2, 0.25) is 0 Å². The van der Waals surface area contributed by atoms with Crippen molar-refractivity contribution in [2.75, 3.05) is 53.0 Å². The highest BCUT2D eigenvalue weighted by Gasteiger charge is 2.30. The van der Waals surface area contributed by atoms with E-state index in [2.05, 4.69) is 46.1 Å². The fourth-order valence-electron chi connectivity index (χ4n) is 3.73. The Morgan fingerprint density at radius 2 is 2.00 bits per heavy atom. The predicted molar refractivity (Wildman–Crippen MR) is 125 cm³/mol. The van der Waals surface area contributed by atoms with Crippen LogP contribution in [0.15, 0.2) is 29.3 Å². The molecular weight excluding hydrogens is 467 g/mol. The second-order valence-corrected chi connectivity index (χ2v) is 7.75. The summed E-state index contributed by atoms with van der Waals surface area (Å²) < 4.78 is 11.5. The molecule has 158 valence electrons. The van der Waals surface area contributed by atoms with Gasteiger partial charge in [-0.25, -0.2) is 0 Å². The Balaban J connectivity index is 0.00000280. The first kappa shape index (κ1) is 23.2. The van der Waals surface area contributed by atoms with Crippen LogP contribution < -0.4 is 10.1 Å². The number of ether oxygens (including phenoxy) is 2. The second kappa shape index (κ2) is 11.8. The molecule has 0 amide bonds. The number of benzene rings is 1. The lowest BCUT2D eigenvalue weighted by Gasteiger charge is -2.32. The molecule has 2 aliphatic rings. The maximum Gasteiger partial charge on any atom is 0.193 e. The normalized spacial score (nSPS) is 20.9. The average molecular weight is 502 g/mol. The molecule has 6 nitrogen and oxygen atoms in total. The molecule has 0 aliphatic carbocycles. The van der Waals surface area contributed by atoms with Gasteiger partial charge in [0, 0.05) is 51.4 Å². The number of guanidine groups is 1. The number of para-hydroxylation sites is 1. The first-order chi connectivity index (χ1) is 13.2. The first-order valence-electron chi connectivity index (χ1n) is 10.2. The molecule has 28 heavy (non-hydrogen) atoms. The third-order valence-corrected chi connectivity index (χ3v) is 5.22. The van der Waals surface area contributed by atoms with Crippen molar-refractivity contribution in [3.8, 4) is 5.75 Å². The highest BCUT2D eigenvalue weighted by Crippen LogP contribution is 2.20. The number of nitrogens with one attached hydrogen (secondary N) is 1. The van der Waals surface area contributed by atoms with Crippen molar-refractivity contribution in [1.82, 2.24) is 15.1 Å². The summed E-state index contributed by atoms with van der Waals surface area (Å²) in [4.78, 5) is 9.45. The number of morpholine rings is 1. The monoisotopic (exact) mass is 502 g/mol. The lowest BCUT2D eigenvalue weighted by atomic mass is 10.2. The van der Waals surface area contributed by atoms with Crippen LogP contribution in [0.1, 0.15) is 25.8 Å². The summed E-state index contributed by atoms with van der Waals surface area (Å²) in [7, 11) is 1.87. The molecule has 0 saturated carbocycles. The molecule has 0 radical (unpaired) electrons. The van der Waals surface area contributed by atoms with E-state index < -0.39 is 0 Å². The van der Waals surface area contributed by atoms with E-state index >= 15 is 0 Å². The van der Waals surface area contributed by atoms with Gasteiger partial charge in [0.25, 0.3) is 0 Å². The van der Waals surface area contributed by atoms with Crippen molar-refractivity contribution in [1.29, 1.82) is 0 Å². The fourth-order valence-corrected chi connectivity index (χ4v) is 3.73. The molecule has 2 aliphatic heterocycles. The van der Waals surface area contributed by atoms with Crippen LogP contribution >= 0.6 is 24.0 Å². The molecule has 2 saturated heterocycles. The molecule has 1 aromatic carbocycles. The SMILES string of the molecule is CN=C(NCc1ccccc1OCC(C)C)N1CCC(N2CCOCC2)C1.I. The smallest absolute Gasteiger partial charge is 0.193 e. The molecule has 1 atom stereocenters. The van der Waals surface area contributed by atoms with Gasteiger partial charge in [0.1, 0.15) is 5.75 Å². The third kappa shape index (κ3) is 6.49. The topological polar surface area (TPSA) is 49.3 Å². The lowest BCUT2D eigenvalue weighted by Crippen LogP contribution is -2.46. The van der Waals surface area contributed by atoms with Gasteiger partial charge < -0.3 is 19.7 Å². The molecule has 2 heterocycles. The van der Waals surface area contributed by atoms with Gasteiger partial charge in [-0.1, -0.05) is 32.0 Å². The number of hydrogen-bond acceptors (Lipinski definition) is 4. The van der Waals surface area contributed by atoms with Gasteiger partial charge in [0.15, 0.2) is 5.96 Å². The van der Waals surface area contributed by atoms with E-state index in [9.17, 15) is 0 Å². The van der Waals surface area contributed by atoms with Crippen molar-refractivity contribution in [2.45, 2.75) is 32.9 Å². The Labute approximate surface area is 186 Å². The van der Waals surface area contributed by atoms with E-state index in [4.69, 9.17) is 9.47 Å². The van der Waals surface area contributed by atoms with E-state index in [1.807, 2.05) is 19.2 Å². The molecule has 3 rings (SSSR count). The minimum absolute atomic E-state index is 0. The van der Waals surface area contributed by atoms with Crippen LogP contribution in [0, 0.1) is 5.92 Å². The largest absolute Gasteiger partial charge is 0.493 e. The maximum absolute atomic E-state index is 5.97. The van der Waals surface area contributed by atoms with Crippen LogP contribution in [0.3, 0.4) is 0 Å². The minimum atomic E-state index is 0. The quantitative estimate of drug-likeness (QED) is 0.369. The summed E-state index contributed by atoms with van der Waals surface area (Å²) in [5.74, 6) is 2.45. The van der Waals surface area contributed by atoms with Gasteiger partial charge in [-0.3, -0.25) is 9.89 Å². The van der Waals surface area contributed by atoms with Crippen LogP contribution in [0.2, 0.25) is 0 Å². The van der Waals surface area contributed by atoms with Crippen molar-refractivity contribution >= 4 is 29.9 Å². The Bertz CT molecular complexity index is 620. The van der Waals surface area contributed by atoms with E-state index in [0.29, 0.717) is 12.0 Å². The summed E-state index contributed by atoms with van der Waals surface area (Å²) in [6, 6.07) is 8.87. The summed E-state index contributed by atoms with van der Waals surface area (Å²) in [5.41, 5.74) is 1.17. The van der Waals surface area contributed by atoms with Gasteiger partial charge in [-0.05, 0) is 18.4 Å². The molecule has 7 heteroatoms. The molecule has 1 N–H and O–H groups in total. The molecule has 0 spiro atoms. The van der Waals surface area contributed by atoms with Crippen LogP contribution in [0.5, 0.6) is 5.75 Å². The average Bonchev–Trinajstić information content (AvgIpc) is 3.18. The molecule has 0 aromatic heterocycles. The molecular formula is C21H35IN4O2. The summed E-state index contributed by atoms with van der Waals surface area (Å²) >= 11 is 0. The van der Waals surface area contributed by atoms with Gasteiger partial charge in [-0.2, -0.15) is 0 Å². The number of aliphatic imine (C=N–C) groups is 1. The predicted octanol–water partition coefficient (Wildman–Crippen LogP) is 2.82. The molecule has 2 fully saturated rings. The summed E-state index contributed by atoms with van der Waals surface area (Å²) in [6.07, 6.45) is 1.19. The molecule has 1 unspecified atom stereocenters. The summed E-state index contributed by atoms with van der Waals surface area (Å²) in [5, 5.41) is 3.53. The first-order valence-corrected chi connectivity index (χ1v) is 10.2. The zero-order valence-electron chi connectivity index (χ0n) is 17.4. The van der Waals surface area contributed by atoms with E-state index in [0.717, 1.165) is 64.3 Å². The van der Waals surface area contributed by atoms with E-state index in [-0.39, 0.29) is 24.0 Å². The number of nitrogens with zero attached hydrogens (tertiary/aromatic N) is 3. The number of rotatable bonds is 6. The van der Waals surface area contributed by atoms with Crippen LogP contribution in [-0.2, 0) is 11.3 Å². The number of hydrogen-bond donors (Lipinski definition) is 1. The second-order valence-electron chi connectivity index (χ2n) is 7.75. The van der Waals surface area contributed by atoms with E-state index in [1.54, 1.807) is 0 Å². The number of halogens is 1. The zero-order valence-corrected chi connectivity index (χ0v) is 19.7. The zero-order chi connectivity index (χ0) is 19.1. The van der Waals surface area contributed by atoms with Crippen molar-refractivity contribution in [2.24, 2.45) is 10.9 Å². The third-order valence-electron chi connectivity index (χ3n) is 5.22. The van der Waals surface area contributed by atoms with Gasteiger partial charge in [0.05, 0.1) is 19.8 Å². The Hall–Kier alpha value is -1.06. The van der Waals surface area contributed by atoms with E-state index in [1.165, 1.54) is 12.0 Å².